The molecular weight excluding hydrogens is 258 g/mol. The second-order valence-electron chi connectivity index (χ2n) is 5.58. The first-order valence-corrected chi connectivity index (χ1v) is 7.99. The summed E-state index contributed by atoms with van der Waals surface area (Å²) < 4.78 is 5.52. The van der Waals surface area contributed by atoms with Crippen molar-refractivity contribution in [2.45, 2.75) is 39.2 Å². The second-order valence-corrected chi connectivity index (χ2v) is 6.36. The van der Waals surface area contributed by atoms with Gasteiger partial charge in [0.25, 0.3) is 0 Å². The third-order valence-corrected chi connectivity index (χ3v) is 4.23. The minimum Gasteiger partial charge on any atom is -0.377 e. The van der Waals surface area contributed by atoms with Crippen molar-refractivity contribution >= 4 is 17.2 Å². The molecule has 0 unspecified atom stereocenters. The molecule has 1 atom stereocenters. The predicted molar refractivity (Wildman–Crippen MR) is 78.4 cm³/mol. The zero-order valence-electron chi connectivity index (χ0n) is 11.8. The molecule has 1 saturated heterocycles. The number of hydrogen-bond donors (Lipinski definition) is 0. The van der Waals surface area contributed by atoms with E-state index in [9.17, 15) is 4.79 Å². The summed E-state index contributed by atoms with van der Waals surface area (Å²) >= 11 is 1.69. The standard InChI is InChI=1S/C15H23NO2S/c1-12(2)9-14-10-18-7-6-16(14)15(17)4-3-13-5-8-19-11-13/h5,8,11-12,14H,3-4,6-7,9-10H2,1-2H3/t14-/m0/s1. The number of amides is 1. The molecule has 1 aliphatic heterocycles. The zero-order valence-corrected chi connectivity index (χ0v) is 12.6. The number of nitrogens with zero attached hydrogens (tertiary/aromatic N) is 1. The fourth-order valence-electron chi connectivity index (χ4n) is 2.55. The quantitative estimate of drug-likeness (QED) is 0.830. The van der Waals surface area contributed by atoms with Gasteiger partial charge in [-0.05, 0) is 41.1 Å². The Balaban J connectivity index is 1.87. The van der Waals surface area contributed by atoms with E-state index in [0.717, 1.165) is 19.4 Å². The molecule has 1 amide bonds. The number of hydrogen-bond acceptors (Lipinski definition) is 3. The number of carbonyl (C=O) groups excluding carboxylic acids is 1. The Hall–Kier alpha value is -0.870. The molecule has 1 fully saturated rings. The van der Waals surface area contributed by atoms with E-state index in [1.54, 1.807) is 11.3 Å². The van der Waals surface area contributed by atoms with Gasteiger partial charge < -0.3 is 9.64 Å². The molecule has 2 heterocycles. The van der Waals surface area contributed by atoms with E-state index in [1.165, 1.54) is 5.56 Å². The summed E-state index contributed by atoms with van der Waals surface area (Å²) in [4.78, 5) is 14.4. The summed E-state index contributed by atoms with van der Waals surface area (Å²) in [5.41, 5.74) is 1.27. The molecule has 0 N–H and O–H groups in total. The Bertz CT molecular complexity index is 389. The molecule has 0 aliphatic carbocycles. The summed E-state index contributed by atoms with van der Waals surface area (Å²) in [6, 6.07) is 2.37. The molecule has 0 radical (unpaired) electrons. The van der Waals surface area contributed by atoms with E-state index >= 15 is 0 Å². The molecule has 106 valence electrons. The summed E-state index contributed by atoms with van der Waals surface area (Å²) in [5, 5.41) is 4.19. The predicted octanol–water partition coefficient (Wildman–Crippen LogP) is 2.95. The fourth-order valence-corrected chi connectivity index (χ4v) is 3.26. The van der Waals surface area contributed by atoms with Gasteiger partial charge in [-0.2, -0.15) is 11.3 Å². The summed E-state index contributed by atoms with van der Waals surface area (Å²) in [5.74, 6) is 0.874. The summed E-state index contributed by atoms with van der Waals surface area (Å²) in [7, 11) is 0. The maximum Gasteiger partial charge on any atom is 0.223 e. The van der Waals surface area contributed by atoms with Crippen molar-refractivity contribution in [3.8, 4) is 0 Å². The van der Waals surface area contributed by atoms with E-state index in [4.69, 9.17) is 4.74 Å². The van der Waals surface area contributed by atoms with Crippen LogP contribution in [-0.4, -0.2) is 36.6 Å². The lowest BCUT2D eigenvalue weighted by molar-refractivity contribution is -0.140. The first-order chi connectivity index (χ1) is 9.16. The average molecular weight is 281 g/mol. The van der Waals surface area contributed by atoms with Crippen LogP contribution in [-0.2, 0) is 16.0 Å². The SMILES string of the molecule is CC(C)C[C@H]1COCCN1C(=O)CCc1ccsc1. The van der Waals surface area contributed by atoms with Gasteiger partial charge in [-0.3, -0.25) is 4.79 Å². The van der Waals surface area contributed by atoms with Crippen LogP contribution in [0.4, 0.5) is 0 Å². The van der Waals surface area contributed by atoms with Crippen LogP contribution in [0, 0.1) is 5.92 Å². The van der Waals surface area contributed by atoms with Crippen LogP contribution in [0.15, 0.2) is 16.8 Å². The van der Waals surface area contributed by atoms with Gasteiger partial charge in [0.1, 0.15) is 0 Å². The topological polar surface area (TPSA) is 29.5 Å². The molecule has 1 aromatic heterocycles. The van der Waals surface area contributed by atoms with Crippen LogP contribution in [0.3, 0.4) is 0 Å². The van der Waals surface area contributed by atoms with Crippen molar-refractivity contribution in [2.24, 2.45) is 5.92 Å². The lowest BCUT2D eigenvalue weighted by Gasteiger charge is -2.36. The van der Waals surface area contributed by atoms with Crippen LogP contribution in [0.25, 0.3) is 0 Å². The first kappa shape index (κ1) is 14.5. The number of thiophene rings is 1. The number of carbonyl (C=O) groups is 1. The zero-order chi connectivity index (χ0) is 13.7. The molecule has 0 bridgehead atoms. The lowest BCUT2D eigenvalue weighted by Crippen LogP contribution is -2.49. The maximum absolute atomic E-state index is 12.4. The smallest absolute Gasteiger partial charge is 0.223 e. The number of aryl methyl sites for hydroxylation is 1. The highest BCUT2D eigenvalue weighted by atomic mass is 32.1. The van der Waals surface area contributed by atoms with Crippen LogP contribution in [0.2, 0.25) is 0 Å². The van der Waals surface area contributed by atoms with Gasteiger partial charge in [0, 0.05) is 13.0 Å². The van der Waals surface area contributed by atoms with Gasteiger partial charge in [-0.25, -0.2) is 0 Å². The molecule has 0 saturated carbocycles. The third-order valence-electron chi connectivity index (χ3n) is 3.50. The first-order valence-electron chi connectivity index (χ1n) is 7.05. The van der Waals surface area contributed by atoms with Crippen molar-refractivity contribution in [3.63, 3.8) is 0 Å². The van der Waals surface area contributed by atoms with E-state index in [1.807, 2.05) is 4.90 Å². The number of morpholine rings is 1. The Morgan fingerprint density at radius 3 is 3.11 bits per heavy atom. The van der Waals surface area contributed by atoms with E-state index in [0.29, 0.717) is 25.6 Å². The van der Waals surface area contributed by atoms with Crippen molar-refractivity contribution < 1.29 is 9.53 Å². The number of ether oxygens (including phenoxy) is 1. The van der Waals surface area contributed by atoms with Crippen molar-refractivity contribution in [2.75, 3.05) is 19.8 Å². The van der Waals surface area contributed by atoms with Crippen LogP contribution in [0.1, 0.15) is 32.3 Å². The van der Waals surface area contributed by atoms with Crippen LogP contribution >= 0.6 is 11.3 Å². The normalized spacial score (nSPS) is 19.9. The lowest BCUT2D eigenvalue weighted by atomic mass is 10.0. The Morgan fingerprint density at radius 1 is 1.58 bits per heavy atom. The van der Waals surface area contributed by atoms with Crippen molar-refractivity contribution in [1.29, 1.82) is 0 Å². The highest BCUT2D eigenvalue weighted by Gasteiger charge is 2.27. The molecule has 4 heteroatoms. The Morgan fingerprint density at radius 2 is 2.42 bits per heavy atom. The molecule has 3 nitrogen and oxygen atoms in total. The van der Waals surface area contributed by atoms with Gasteiger partial charge in [-0.15, -0.1) is 0 Å². The fraction of sp³-hybridized carbons (Fsp3) is 0.667. The molecule has 2 rings (SSSR count). The Kier molecular flexibility index (Phi) is 5.40. The van der Waals surface area contributed by atoms with Crippen molar-refractivity contribution in [3.05, 3.63) is 22.4 Å². The minimum absolute atomic E-state index is 0.267. The minimum atomic E-state index is 0.267. The highest BCUT2D eigenvalue weighted by Crippen LogP contribution is 2.18. The highest BCUT2D eigenvalue weighted by molar-refractivity contribution is 7.07. The third kappa shape index (κ3) is 4.32. The molecule has 19 heavy (non-hydrogen) atoms. The van der Waals surface area contributed by atoms with Gasteiger partial charge in [-0.1, -0.05) is 13.8 Å². The van der Waals surface area contributed by atoms with E-state index < -0.39 is 0 Å². The number of rotatable bonds is 5. The molecule has 1 aliphatic rings. The maximum atomic E-state index is 12.4. The molecule has 0 aromatic carbocycles. The monoisotopic (exact) mass is 281 g/mol. The molecule has 1 aromatic rings. The van der Waals surface area contributed by atoms with Crippen LogP contribution < -0.4 is 0 Å². The van der Waals surface area contributed by atoms with Crippen molar-refractivity contribution in [1.82, 2.24) is 4.90 Å². The van der Waals surface area contributed by atoms with Crippen LogP contribution in [0.5, 0.6) is 0 Å². The van der Waals surface area contributed by atoms with E-state index in [2.05, 4.69) is 30.7 Å². The summed E-state index contributed by atoms with van der Waals surface area (Å²) in [6.07, 6.45) is 2.50. The average Bonchev–Trinajstić information content (AvgIpc) is 2.89. The van der Waals surface area contributed by atoms with Gasteiger partial charge in [0.2, 0.25) is 5.91 Å². The second kappa shape index (κ2) is 7.06. The Labute approximate surface area is 119 Å². The van der Waals surface area contributed by atoms with Gasteiger partial charge in [0.15, 0.2) is 0 Å². The van der Waals surface area contributed by atoms with Gasteiger partial charge >= 0.3 is 0 Å². The van der Waals surface area contributed by atoms with Gasteiger partial charge in [0.05, 0.1) is 19.3 Å². The largest absolute Gasteiger partial charge is 0.377 e. The molecular formula is C15H23NO2S. The summed E-state index contributed by atoms with van der Waals surface area (Å²) in [6.45, 7) is 6.52. The van der Waals surface area contributed by atoms with E-state index in [-0.39, 0.29) is 11.9 Å². The molecule has 0 spiro atoms.